The average molecular weight is 261 g/mol. The van der Waals surface area contributed by atoms with Crippen LogP contribution in [0.1, 0.15) is 31.0 Å². The van der Waals surface area contributed by atoms with Crippen LogP contribution in [-0.4, -0.2) is 36.8 Å². The first-order chi connectivity index (χ1) is 9.24. The number of rotatable bonds is 7. The SMILES string of the molecule is COCCN(CCC#N)c1cc(N)nc(C2CC2)n1. The lowest BCUT2D eigenvalue weighted by Gasteiger charge is -2.22. The molecular weight excluding hydrogens is 242 g/mol. The number of nitriles is 1. The number of nitrogens with two attached hydrogens (primary N) is 1. The summed E-state index contributed by atoms with van der Waals surface area (Å²) in [7, 11) is 1.66. The third kappa shape index (κ3) is 3.80. The third-order valence-electron chi connectivity index (χ3n) is 3.08. The highest BCUT2D eigenvalue weighted by atomic mass is 16.5. The van der Waals surface area contributed by atoms with Gasteiger partial charge in [0.1, 0.15) is 17.5 Å². The van der Waals surface area contributed by atoms with Crippen LogP contribution in [0.25, 0.3) is 0 Å². The summed E-state index contributed by atoms with van der Waals surface area (Å²) in [6, 6.07) is 3.91. The Morgan fingerprint density at radius 3 is 2.89 bits per heavy atom. The Balaban J connectivity index is 2.16. The first-order valence-electron chi connectivity index (χ1n) is 6.50. The van der Waals surface area contributed by atoms with Gasteiger partial charge in [0.25, 0.3) is 0 Å². The summed E-state index contributed by atoms with van der Waals surface area (Å²) in [5.41, 5.74) is 5.85. The third-order valence-corrected chi connectivity index (χ3v) is 3.08. The highest BCUT2D eigenvalue weighted by Crippen LogP contribution is 2.38. The first-order valence-corrected chi connectivity index (χ1v) is 6.50. The zero-order valence-electron chi connectivity index (χ0n) is 11.2. The zero-order valence-corrected chi connectivity index (χ0v) is 11.2. The summed E-state index contributed by atoms with van der Waals surface area (Å²) in [4.78, 5) is 10.9. The first kappa shape index (κ1) is 13.6. The van der Waals surface area contributed by atoms with Crippen LogP contribution in [-0.2, 0) is 4.74 Å². The summed E-state index contributed by atoms with van der Waals surface area (Å²) in [5.74, 6) is 2.57. The van der Waals surface area contributed by atoms with Crippen molar-refractivity contribution in [3.05, 3.63) is 11.9 Å². The summed E-state index contributed by atoms with van der Waals surface area (Å²) >= 11 is 0. The van der Waals surface area contributed by atoms with Crippen LogP contribution in [0.2, 0.25) is 0 Å². The van der Waals surface area contributed by atoms with E-state index in [2.05, 4.69) is 16.0 Å². The van der Waals surface area contributed by atoms with Crippen molar-refractivity contribution in [2.45, 2.75) is 25.2 Å². The molecule has 0 saturated heterocycles. The summed E-state index contributed by atoms with van der Waals surface area (Å²) in [6.07, 6.45) is 2.73. The smallest absolute Gasteiger partial charge is 0.136 e. The molecule has 1 aromatic heterocycles. The van der Waals surface area contributed by atoms with Gasteiger partial charge in [-0.3, -0.25) is 0 Å². The minimum absolute atomic E-state index is 0.451. The molecule has 1 fully saturated rings. The maximum absolute atomic E-state index is 8.73. The van der Waals surface area contributed by atoms with Crippen LogP contribution in [0.5, 0.6) is 0 Å². The van der Waals surface area contributed by atoms with Crippen molar-refractivity contribution in [2.75, 3.05) is 37.4 Å². The van der Waals surface area contributed by atoms with Gasteiger partial charge >= 0.3 is 0 Å². The summed E-state index contributed by atoms with van der Waals surface area (Å²) in [5, 5.41) is 8.73. The van der Waals surface area contributed by atoms with E-state index >= 15 is 0 Å². The van der Waals surface area contributed by atoms with Gasteiger partial charge in [-0.15, -0.1) is 0 Å². The van der Waals surface area contributed by atoms with E-state index in [4.69, 9.17) is 15.7 Å². The van der Waals surface area contributed by atoms with E-state index in [1.165, 1.54) is 0 Å². The largest absolute Gasteiger partial charge is 0.384 e. The maximum Gasteiger partial charge on any atom is 0.136 e. The molecule has 0 radical (unpaired) electrons. The summed E-state index contributed by atoms with van der Waals surface area (Å²) in [6.45, 7) is 1.91. The average Bonchev–Trinajstić information content (AvgIpc) is 3.22. The number of ether oxygens (including phenoxy) is 1. The Labute approximate surface area is 113 Å². The normalized spacial score (nSPS) is 14.1. The van der Waals surface area contributed by atoms with Gasteiger partial charge in [-0.1, -0.05) is 0 Å². The molecular formula is C13H19N5O. The van der Waals surface area contributed by atoms with Gasteiger partial charge < -0.3 is 15.4 Å². The van der Waals surface area contributed by atoms with Crippen molar-refractivity contribution in [1.29, 1.82) is 5.26 Å². The molecule has 0 aromatic carbocycles. The van der Waals surface area contributed by atoms with Crippen molar-refractivity contribution < 1.29 is 4.74 Å². The van der Waals surface area contributed by atoms with Gasteiger partial charge in [-0.05, 0) is 12.8 Å². The van der Waals surface area contributed by atoms with E-state index in [9.17, 15) is 0 Å². The quantitative estimate of drug-likeness (QED) is 0.796. The lowest BCUT2D eigenvalue weighted by Crippen LogP contribution is -2.29. The van der Waals surface area contributed by atoms with Crippen molar-refractivity contribution in [3.63, 3.8) is 0 Å². The highest BCUT2D eigenvalue weighted by molar-refractivity contribution is 5.47. The second-order valence-corrected chi connectivity index (χ2v) is 4.67. The van der Waals surface area contributed by atoms with Gasteiger partial charge in [0, 0.05) is 32.2 Å². The molecule has 0 amide bonds. The Morgan fingerprint density at radius 2 is 2.26 bits per heavy atom. The standard InChI is InChI=1S/C13H19N5O/c1-19-8-7-18(6-2-5-14)12-9-11(15)16-13(17-12)10-3-4-10/h9-10H,2-4,6-8H2,1H3,(H2,15,16,17). The number of aromatic nitrogens is 2. The Bertz CT molecular complexity index is 467. The minimum Gasteiger partial charge on any atom is -0.384 e. The number of anilines is 2. The molecule has 0 spiro atoms. The molecule has 19 heavy (non-hydrogen) atoms. The van der Waals surface area contributed by atoms with E-state index in [1.807, 2.05) is 4.90 Å². The van der Waals surface area contributed by atoms with Crippen molar-refractivity contribution in [1.82, 2.24) is 9.97 Å². The molecule has 6 heteroatoms. The van der Waals surface area contributed by atoms with Crippen molar-refractivity contribution in [2.24, 2.45) is 0 Å². The van der Waals surface area contributed by atoms with Crippen LogP contribution in [0.4, 0.5) is 11.6 Å². The molecule has 1 aliphatic rings. The van der Waals surface area contributed by atoms with Crippen molar-refractivity contribution in [3.8, 4) is 6.07 Å². The molecule has 2 N–H and O–H groups in total. The molecule has 0 atom stereocenters. The fourth-order valence-electron chi connectivity index (χ4n) is 1.88. The number of methoxy groups -OCH3 is 1. The lowest BCUT2D eigenvalue weighted by atomic mass is 10.3. The molecule has 0 aliphatic heterocycles. The van der Waals surface area contributed by atoms with E-state index < -0.39 is 0 Å². The molecule has 6 nitrogen and oxygen atoms in total. The maximum atomic E-state index is 8.73. The molecule has 1 heterocycles. The van der Waals surface area contributed by atoms with Gasteiger partial charge in [-0.25, -0.2) is 9.97 Å². The van der Waals surface area contributed by atoms with Crippen molar-refractivity contribution >= 4 is 11.6 Å². The Morgan fingerprint density at radius 1 is 1.47 bits per heavy atom. The highest BCUT2D eigenvalue weighted by Gasteiger charge is 2.27. The van der Waals surface area contributed by atoms with Gasteiger partial charge in [0.15, 0.2) is 0 Å². The number of nitrogen functional groups attached to an aromatic ring is 1. The molecule has 1 aromatic rings. The van der Waals surface area contributed by atoms with Gasteiger partial charge in [-0.2, -0.15) is 5.26 Å². The topological polar surface area (TPSA) is 88.1 Å². The van der Waals surface area contributed by atoms with Crippen LogP contribution in [0.15, 0.2) is 6.07 Å². The lowest BCUT2D eigenvalue weighted by molar-refractivity contribution is 0.205. The zero-order chi connectivity index (χ0) is 13.7. The van der Waals surface area contributed by atoms with E-state index in [-0.39, 0.29) is 0 Å². The Kier molecular flexibility index (Phi) is 4.53. The van der Waals surface area contributed by atoms with E-state index in [0.717, 1.165) is 24.5 Å². The van der Waals surface area contributed by atoms with Crippen LogP contribution < -0.4 is 10.6 Å². The fourth-order valence-corrected chi connectivity index (χ4v) is 1.88. The molecule has 0 unspecified atom stereocenters. The number of hydrogen-bond acceptors (Lipinski definition) is 6. The second kappa shape index (κ2) is 6.34. The van der Waals surface area contributed by atoms with E-state index in [1.54, 1.807) is 13.2 Å². The van der Waals surface area contributed by atoms with Crippen LogP contribution >= 0.6 is 0 Å². The predicted octanol–water partition coefficient (Wildman–Crippen LogP) is 1.30. The fraction of sp³-hybridized carbons (Fsp3) is 0.615. The van der Waals surface area contributed by atoms with Gasteiger partial charge in [0.05, 0.1) is 19.1 Å². The molecule has 0 bridgehead atoms. The van der Waals surface area contributed by atoms with E-state index in [0.29, 0.717) is 37.9 Å². The molecule has 102 valence electrons. The second-order valence-electron chi connectivity index (χ2n) is 4.67. The van der Waals surface area contributed by atoms with Crippen LogP contribution in [0.3, 0.4) is 0 Å². The Hall–Kier alpha value is -1.87. The number of hydrogen-bond donors (Lipinski definition) is 1. The van der Waals surface area contributed by atoms with Crippen LogP contribution in [0, 0.1) is 11.3 Å². The molecule has 1 aliphatic carbocycles. The summed E-state index contributed by atoms with van der Waals surface area (Å²) < 4.78 is 5.09. The monoisotopic (exact) mass is 261 g/mol. The molecule has 1 saturated carbocycles. The number of nitrogens with zero attached hydrogens (tertiary/aromatic N) is 4. The molecule has 2 rings (SSSR count). The predicted molar refractivity (Wildman–Crippen MR) is 72.7 cm³/mol. The minimum atomic E-state index is 0.451. The van der Waals surface area contributed by atoms with Gasteiger partial charge in [0.2, 0.25) is 0 Å².